The highest BCUT2D eigenvalue weighted by molar-refractivity contribution is 5.80. The summed E-state index contributed by atoms with van der Waals surface area (Å²) in [4.78, 5) is 8.03. The monoisotopic (exact) mass is 277 g/mol. The molecule has 6 heteroatoms. The molecule has 2 aromatic rings. The summed E-state index contributed by atoms with van der Waals surface area (Å²) in [5.41, 5.74) is 1.82. The maximum atomic E-state index is 5.53. The van der Waals surface area contributed by atoms with Crippen LogP contribution in [0.15, 0.2) is 12.1 Å². The van der Waals surface area contributed by atoms with Crippen molar-refractivity contribution in [3.05, 3.63) is 18.0 Å². The van der Waals surface area contributed by atoms with E-state index in [0.29, 0.717) is 30.8 Å². The third-order valence-corrected chi connectivity index (χ3v) is 3.81. The number of hydrogen-bond donors (Lipinski definition) is 2. The molecule has 1 aliphatic heterocycles. The van der Waals surface area contributed by atoms with Crippen LogP contribution >= 0.6 is 0 Å². The van der Waals surface area contributed by atoms with Gasteiger partial charge in [-0.05, 0) is 7.05 Å². The molecule has 0 saturated carbocycles. The second-order valence-electron chi connectivity index (χ2n) is 4.89. The summed E-state index contributed by atoms with van der Waals surface area (Å²) in [6.45, 7) is 1.39. The van der Waals surface area contributed by atoms with Gasteiger partial charge in [-0.3, -0.25) is 0 Å². The van der Waals surface area contributed by atoms with E-state index in [4.69, 9.17) is 14.2 Å². The number of ether oxygens (including phenoxy) is 3. The number of benzene rings is 1. The fourth-order valence-corrected chi connectivity index (χ4v) is 2.64. The Morgan fingerprint density at radius 2 is 2.00 bits per heavy atom. The van der Waals surface area contributed by atoms with Gasteiger partial charge in [0.15, 0.2) is 11.5 Å². The summed E-state index contributed by atoms with van der Waals surface area (Å²) < 4.78 is 16.1. The van der Waals surface area contributed by atoms with Crippen molar-refractivity contribution < 1.29 is 14.2 Å². The van der Waals surface area contributed by atoms with Gasteiger partial charge in [0.05, 0.1) is 44.4 Å². The molecule has 1 aliphatic rings. The zero-order chi connectivity index (χ0) is 14.1. The number of methoxy groups -OCH3 is 2. The van der Waals surface area contributed by atoms with Gasteiger partial charge in [-0.1, -0.05) is 0 Å². The lowest BCUT2D eigenvalue weighted by Gasteiger charge is -2.13. The number of nitrogens with zero attached hydrogens (tertiary/aromatic N) is 1. The Labute approximate surface area is 117 Å². The third-order valence-electron chi connectivity index (χ3n) is 3.81. The van der Waals surface area contributed by atoms with E-state index >= 15 is 0 Å². The van der Waals surface area contributed by atoms with Crippen molar-refractivity contribution in [3.8, 4) is 11.5 Å². The van der Waals surface area contributed by atoms with E-state index in [1.165, 1.54) is 0 Å². The molecular weight excluding hydrogens is 258 g/mol. The van der Waals surface area contributed by atoms with Crippen LogP contribution in [-0.4, -0.2) is 50.5 Å². The molecule has 2 N–H and O–H groups in total. The minimum atomic E-state index is 0.240. The number of nitrogens with one attached hydrogen (secondary N) is 2. The Morgan fingerprint density at radius 1 is 1.25 bits per heavy atom. The molecule has 2 unspecified atom stereocenters. The highest BCUT2D eigenvalue weighted by Gasteiger charge is 2.30. The van der Waals surface area contributed by atoms with Crippen molar-refractivity contribution in [2.75, 3.05) is 34.5 Å². The van der Waals surface area contributed by atoms with Crippen LogP contribution in [-0.2, 0) is 4.74 Å². The van der Waals surface area contributed by atoms with Crippen LogP contribution in [0.2, 0.25) is 0 Å². The summed E-state index contributed by atoms with van der Waals surface area (Å²) in [5, 5.41) is 3.27. The molecule has 0 radical (unpaired) electrons. The molecule has 20 heavy (non-hydrogen) atoms. The van der Waals surface area contributed by atoms with Gasteiger partial charge < -0.3 is 24.5 Å². The molecule has 1 aromatic carbocycles. The van der Waals surface area contributed by atoms with Gasteiger partial charge in [-0.2, -0.15) is 0 Å². The third kappa shape index (κ3) is 2.10. The number of H-pyrrole nitrogens is 1. The SMILES string of the molecule is CNC1COCC1c1nc2cc(OC)c(OC)cc2[nH]1. The summed E-state index contributed by atoms with van der Waals surface area (Å²) in [6, 6.07) is 4.09. The van der Waals surface area contributed by atoms with E-state index in [2.05, 4.69) is 15.3 Å². The van der Waals surface area contributed by atoms with Crippen molar-refractivity contribution in [1.29, 1.82) is 0 Å². The number of rotatable bonds is 4. The van der Waals surface area contributed by atoms with Gasteiger partial charge in [0, 0.05) is 18.2 Å². The Hall–Kier alpha value is -1.79. The van der Waals surface area contributed by atoms with E-state index in [0.717, 1.165) is 16.9 Å². The Balaban J connectivity index is 2.02. The average molecular weight is 277 g/mol. The minimum Gasteiger partial charge on any atom is -0.493 e. The molecular formula is C14H19N3O3. The number of hydrogen-bond acceptors (Lipinski definition) is 5. The first-order valence-electron chi connectivity index (χ1n) is 6.63. The average Bonchev–Trinajstić information content (AvgIpc) is 3.10. The first-order chi connectivity index (χ1) is 9.76. The smallest absolute Gasteiger partial charge is 0.163 e. The van der Waals surface area contributed by atoms with Crippen LogP contribution in [0.4, 0.5) is 0 Å². The molecule has 1 aromatic heterocycles. The van der Waals surface area contributed by atoms with Crippen LogP contribution in [0, 0.1) is 0 Å². The van der Waals surface area contributed by atoms with E-state index in [1.54, 1.807) is 14.2 Å². The highest BCUT2D eigenvalue weighted by Crippen LogP contribution is 2.33. The van der Waals surface area contributed by atoms with Crippen LogP contribution in [0.1, 0.15) is 11.7 Å². The maximum absolute atomic E-state index is 5.53. The summed E-state index contributed by atoms with van der Waals surface area (Å²) in [5.74, 6) is 2.56. The summed E-state index contributed by atoms with van der Waals surface area (Å²) >= 11 is 0. The zero-order valence-corrected chi connectivity index (χ0v) is 11.9. The Kier molecular flexibility index (Phi) is 3.50. The lowest BCUT2D eigenvalue weighted by molar-refractivity contribution is 0.188. The van der Waals surface area contributed by atoms with Crippen molar-refractivity contribution in [2.45, 2.75) is 12.0 Å². The van der Waals surface area contributed by atoms with Crippen LogP contribution in [0.3, 0.4) is 0 Å². The minimum absolute atomic E-state index is 0.240. The molecule has 108 valence electrons. The number of imidazole rings is 1. The summed E-state index contributed by atoms with van der Waals surface area (Å²) in [7, 11) is 5.20. The second kappa shape index (κ2) is 5.30. The lowest BCUT2D eigenvalue weighted by atomic mass is 10.0. The lowest BCUT2D eigenvalue weighted by Crippen LogP contribution is -2.31. The molecule has 0 spiro atoms. The van der Waals surface area contributed by atoms with Gasteiger partial charge in [0.2, 0.25) is 0 Å². The van der Waals surface area contributed by atoms with Gasteiger partial charge in [-0.15, -0.1) is 0 Å². The van der Waals surface area contributed by atoms with E-state index in [9.17, 15) is 0 Å². The molecule has 0 aliphatic carbocycles. The molecule has 1 saturated heterocycles. The number of likely N-dealkylation sites (N-methyl/N-ethyl adjacent to an activating group) is 1. The van der Waals surface area contributed by atoms with Gasteiger partial charge in [-0.25, -0.2) is 4.98 Å². The van der Waals surface area contributed by atoms with Crippen molar-refractivity contribution in [3.63, 3.8) is 0 Å². The predicted molar refractivity (Wildman–Crippen MR) is 75.6 cm³/mol. The molecule has 0 bridgehead atoms. The molecule has 0 amide bonds. The number of fused-ring (bicyclic) bond motifs is 1. The van der Waals surface area contributed by atoms with Crippen molar-refractivity contribution in [2.24, 2.45) is 0 Å². The molecule has 2 atom stereocenters. The number of aromatic nitrogens is 2. The maximum Gasteiger partial charge on any atom is 0.163 e. The van der Waals surface area contributed by atoms with Gasteiger partial charge >= 0.3 is 0 Å². The predicted octanol–water partition coefficient (Wildman–Crippen LogP) is 1.28. The zero-order valence-electron chi connectivity index (χ0n) is 11.9. The normalized spacial score (nSPS) is 22.4. The van der Waals surface area contributed by atoms with E-state index in [1.807, 2.05) is 19.2 Å². The van der Waals surface area contributed by atoms with Crippen LogP contribution in [0.25, 0.3) is 11.0 Å². The standard InChI is InChI=1S/C14H19N3O3/c1-15-11-7-20-6-8(11)14-16-9-4-12(18-2)13(19-3)5-10(9)17-14/h4-5,8,11,15H,6-7H2,1-3H3,(H,16,17). The van der Waals surface area contributed by atoms with Gasteiger partial charge in [0.1, 0.15) is 5.82 Å². The largest absolute Gasteiger partial charge is 0.493 e. The van der Waals surface area contributed by atoms with Crippen LogP contribution in [0.5, 0.6) is 11.5 Å². The molecule has 2 heterocycles. The Bertz CT molecular complexity index is 570. The summed E-state index contributed by atoms with van der Waals surface area (Å²) in [6.07, 6.45) is 0. The second-order valence-corrected chi connectivity index (χ2v) is 4.89. The molecule has 3 rings (SSSR count). The fourth-order valence-electron chi connectivity index (χ4n) is 2.64. The molecule has 6 nitrogen and oxygen atoms in total. The fraction of sp³-hybridized carbons (Fsp3) is 0.500. The number of aromatic amines is 1. The Morgan fingerprint density at radius 3 is 2.70 bits per heavy atom. The quantitative estimate of drug-likeness (QED) is 0.881. The van der Waals surface area contributed by atoms with Crippen molar-refractivity contribution >= 4 is 11.0 Å². The van der Waals surface area contributed by atoms with E-state index in [-0.39, 0.29) is 5.92 Å². The topological polar surface area (TPSA) is 68.4 Å². The highest BCUT2D eigenvalue weighted by atomic mass is 16.5. The first kappa shape index (κ1) is 13.2. The van der Waals surface area contributed by atoms with Crippen LogP contribution < -0.4 is 14.8 Å². The van der Waals surface area contributed by atoms with Crippen molar-refractivity contribution in [1.82, 2.24) is 15.3 Å². The van der Waals surface area contributed by atoms with E-state index < -0.39 is 0 Å². The van der Waals surface area contributed by atoms with Gasteiger partial charge in [0.25, 0.3) is 0 Å². The molecule has 1 fully saturated rings. The first-order valence-corrected chi connectivity index (χ1v) is 6.63.